The van der Waals surface area contributed by atoms with Crippen LogP contribution in [0.5, 0.6) is 0 Å². The second-order valence-corrected chi connectivity index (χ2v) is 4.93. The highest BCUT2D eigenvalue weighted by Gasteiger charge is 2.18. The van der Waals surface area contributed by atoms with E-state index in [1.54, 1.807) is 0 Å². The van der Waals surface area contributed by atoms with Gasteiger partial charge in [-0.3, -0.25) is 4.79 Å². The van der Waals surface area contributed by atoms with E-state index in [-0.39, 0.29) is 17.8 Å². The zero-order chi connectivity index (χ0) is 13.1. The first kappa shape index (κ1) is 12.0. The van der Waals surface area contributed by atoms with Crippen molar-refractivity contribution >= 4 is 16.9 Å². The van der Waals surface area contributed by atoms with E-state index >= 15 is 0 Å². The second kappa shape index (κ2) is 5.30. The van der Waals surface area contributed by atoms with Gasteiger partial charge in [0.2, 0.25) is 5.82 Å². The summed E-state index contributed by atoms with van der Waals surface area (Å²) in [6.45, 7) is 0. The highest BCUT2D eigenvalue weighted by molar-refractivity contribution is 5.92. The molecular weight excluding hydrogens is 240 g/mol. The molecule has 1 fully saturated rings. The van der Waals surface area contributed by atoms with Gasteiger partial charge in [-0.2, -0.15) is 0 Å². The topological polar surface area (TPSA) is 67.8 Å². The summed E-state index contributed by atoms with van der Waals surface area (Å²) in [6, 6.07) is 7.68. The van der Waals surface area contributed by atoms with Crippen LogP contribution in [-0.2, 0) is 0 Å². The number of nitrogens with one attached hydrogen (secondary N) is 1. The largest absolute Gasteiger partial charge is 0.347 e. The van der Waals surface area contributed by atoms with Crippen LogP contribution in [0.15, 0.2) is 24.3 Å². The number of amides is 1. The van der Waals surface area contributed by atoms with Gasteiger partial charge in [-0.15, -0.1) is 10.2 Å². The van der Waals surface area contributed by atoms with Crippen LogP contribution in [0.2, 0.25) is 0 Å². The molecule has 19 heavy (non-hydrogen) atoms. The highest BCUT2D eigenvalue weighted by atomic mass is 16.2. The lowest BCUT2D eigenvalue weighted by molar-refractivity contribution is 0.0916. The minimum atomic E-state index is -0.217. The van der Waals surface area contributed by atoms with Crippen LogP contribution in [0.25, 0.3) is 11.0 Å². The third kappa shape index (κ3) is 2.70. The van der Waals surface area contributed by atoms with Crippen molar-refractivity contribution in [2.75, 3.05) is 0 Å². The molecule has 0 spiro atoms. The first-order valence-electron chi connectivity index (χ1n) is 6.73. The Bertz CT molecular complexity index is 593. The van der Waals surface area contributed by atoms with Crippen LogP contribution in [0.3, 0.4) is 0 Å². The van der Waals surface area contributed by atoms with E-state index in [1.807, 2.05) is 24.3 Å². The van der Waals surface area contributed by atoms with Gasteiger partial charge in [-0.05, 0) is 25.0 Å². The summed E-state index contributed by atoms with van der Waals surface area (Å²) in [7, 11) is 0. The molecule has 1 heterocycles. The van der Waals surface area contributed by atoms with Crippen LogP contribution >= 0.6 is 0 Å². The number of hydrogen-bond acceptors (Lipinski definition) is 4. The molecule has 0 saturated heterocycles. The standard InChI is InChI=1S/C14H16N4O/c19-14(15-10-6-2-1-3-7-10)13-16-11-8-4-5-9-12(11)17-18-13/h4-5,8-10H,1-3,6-7H2,(H,15,19). The van der Waals surface area contributed by atoms with Gasteiger partial charge >= 0.3 is 0 Å². The zero-order valence-electron chi connectivity index (χ0n) is 10.7. The molecule has 5 heteroatoms. The number of carbonyl (C=O) groups excluding carboxylic acids is 1. The van der Waals surface area contributed by atoms with Gasteiger partial charge in [0.1, 0.15) is 5.52 Å². The SMILES string of the molecule is O=C(NC1CCCCC1)c1nnc2ccccc2n1. The number of benzene rings is 1. The number of carbonyl (C=O) groups is 1. The molecule has 2 aromatic rings. The van der Waals surface area contributed by atoms with Gasteiger partial charge in [-0.25, -0.2) is 4.98 Å². The monoisotopic (exact) mass is 256 g/mol. The number of aromatic nitrogens is 3. The van der Waals surface area contributed by atoms with E-state index in [0.29, 0.717) is 11.0 Å². The van der Waals surface area contributed by atoms with Crippen molar-refractivity contribution in [1.82, 2.24) is 20.5 Å². The van der Waals surface area contributed by atoms with Gasteiger partial charge in [-0.1, -0.05) is 31.4 Å². The van der Waals surface area contributed by atoms with E-state index in [1.165, 1.54) is 19.3 Å². The molecule has 0 aliphatic heterocycles. The zero-order valence-corrected chi connectivity index (χ0v) is 10.7. The first-order chi connectivity index (χ1) is 9.33. The van der Waals surface area contributed by atoms with Crippen LogP contribution in [0.4, 0.5) is 0 Å². The molecule has 1 aliphatic rings. The van der Waals surface area contributed by atoms with E-state index in [2.05, 4.69) is 20.5 Å². The maximum Gasteiger partial charge on any atom is 0.291 e. The maximum absolute atomic E-state index is 12.1. The Kier molecular flexibility index (Phi) is 3.35. The van der Waals surface area contributed by atoms with Crippen LogP contribution < -0.4 is 5.32 Å². The molecule has 1 saturated carbocycles. The third-order valence-electron chi connectivity index (χ3n) is 3.50. The average molecular weight is 256 g/mol. The van der Waals surface area contributed by atoms with Gasteiger partial charge in [0, 0.05) is 6.04 Å². The van der Waals surface area contributed by atoms with E-state index in [4.69, 9.17) is 0 Å². The molecule has 1 aliphatic carbocycles. The molecule has 98 valence electrons. The lowest BCUT2D eigenvalue weighted by Gasteiger charge is -2.22. The molecule has 1 aromatic heterocycles. The average Bonchev–Trinajstić information content (AvgIpc) is 2.48. The Morgan fingerprint density at radius 2 is 1.79 bits per heavy atom. The minimum absolute atomic E-state index is 0.157. The van der Waals surface area contributed by atoms with Crippen molar-refractivity contribution in [1.29, 1.82) is 0 Å². The molecule has 0 atom stereocenters. The van der Waals surface area contributed by atoms with Gasteiger partial charge in [0.15, 0.2) is 0 Å². The van der Waals surface area contributed by atoms with Crippen LogP contribution in [0.1, 0.15) is 42.7 Å². The Labute approximate surface area is 111 Å². The highest BCUT2D eigenvalue weighted by Crippen LogP contribution is 2.17. The van der Waals surface area contributed by atoms with Crippen molar-refractivity contribution in [2.24, 2.45) is 0 Å². The maximum atomic E-state index is 12.1. The summed E-state index contributed by atoms with van der Waals surface area (Å²) in [5.41, 5.74) is 1.41. The normalized spacial score (nSPS) is 16.4. The second-order valence-electron chi connectivity index (χ2n) is 4.93. The Morgan fingerprint density at radius 1 is 1.05 bits per heavy atom. The fourth-order valence-corrected chi connectivity index (χ4v) is 2.47. The summed E-state index contributed by atoms with van der Waals surface area (Å²) >= 11 is 0. The number of nitrogens with zero attached hydrogens (tertiary/aromatic N) is 3. The van der Waals surface area contributed by atoms with Crippen LogP contribution in [-0.4, -0.2) is 27.1 Å². The van der Waals surface area contributed by atoms with E-state index < -0.39 is 0 Å². The molecule has 0 radical (unpaired) electrons. The van der Waals surface area contributed by atoms with E-state index in [0.717, 1.165) is 12.8 Å². The predicted molar refractivity (Wildman–Crippen MR) is 71.7 cm³/mol. The van der Waals surface area contributed by atoms with E-state index in [9.17, 15) is 4.79 Å². The smallest absolute Gasteiger partial charge is 0.291 e. The lowest BCUT2D eigenvalue weighted by Crippen LogP contribution is -2.37. The summed E-state index contributed by atoms with van der Waals surface area (Å²) in [5, 5.41) is 10.9. The summed E-state index contributed by atoms with van der Waals surface area (Å²) in [5.74, 6) is -0.0607. The Hall–Kier alpha value is -2.04. The summed E-state index contributed by atoms with van der Waals surface area (Å²) in [4.78, 5) is 16.3. The quantitative estimate of drug-likeness (QED) is 0.893. The van der Waals surface area contributed by atoms with Crippen molar-refractivity contribution in [2.45, 2.75) is 38.1 Å². The fraction of sp³-hybridized carbons (Fsp3) is 0.429. The molecule has 0 bridgehead atoms. The molecule has 5 nitrogen and oxygen atoms in total. The number of para-hydroxylation sites is 1. The fourth-order valence-electron chi connectivity index (χ4n) is 2.47. The first-order valence-corrected chi connectivity index (χ1v) is 6.73. The number of fused-ring (bicyclic) bond motifs is 1. The molecule has 0 unspecified atom stereocenters. The third-order valence-corrected chi connectivity index (χ3v) is 3.50. The molecule has 1 aromatic carbocycles. The minimum Gasteiger partial charge on any atom is -0.347 e. The van der Waals surface area contributed by atoms with Crippen molar-refractivity contribution < 1.29 is 4.79 Å². The van der Waals surface area contributed by atoms with Crippen LogP contribution in [0, 0.1) is 0 Å². The predicted octanol–water partition coefficient (Wildman–Crippen LogP) is 2.09. The lowest BCUT2D eigenvalue weighted by atomic mass is 9.95. The molecule has 3 rings (SSSR count). The Balaban J connectivity index is 1.77. The Morgan fingerprint density at radius 3 is 2.58 bits per heavy atom. The summed E-state index contributed by atoms with van der Waals surface area (Å²) < 4.78 is 0. The van der Waals surface area contributed by atoms with Crippen molar-refractivity contribution in [3.63, 3.8) is 0 Å². The summed E-state index contributed by atoms with van der Waals surface area (Å²) in [6.07, 6.45) is 5.73. The number of rotatable bonds is 2. The van der Waals surface area contributed by atoms with Gasteiger partial charge in [0.05, 0.1) is 5.52 Å². The van der Waals surface area contributed by atoms with Crippen molar-refractivity contribution in [3.05, 3.63) is 30.1 Å². The molecule has 1 amide bonds. The van der Waals surface area contributed by atoms with Crippen molar-refractivity contribution in [3.8, 4) is 0 Å². The van der Waals surface area contributed by atoms with Gasteiger partial charge in [0.25, 0.3) is 5.91 Å². The molecule has 1 N–H and O–H groups in total. The molecular formula is C14H16N4O. The number of hydrogen-bond donors (Lipinski definition) is 1. The van der Waals surface area contributed by atoms with Gasteiger partial charge < -0.3 is 5.32 Å².